The van der Waals surface area contributed by atoms with Crippen LogP contribution in [0.5, 0.6) is 0 Å². The number of rotatable bonds is 2. The number of likely N-dealkylation sites (N-methyl/N-ethyl adjacent to an activating group) is 1. The van der Waals surface area contributed by atoms with Crippen LogP contribution in [0, 0.1) is 0 Å². The molecule has 0 unspecified atom stereocenters. The van der Waals surface area contributed by atoms with Crippen molar-refractivity contribution in [2.24, 2.45) is 9.98 Å². The van der Waals surface area contributed by atoms with Crippen molar-refractivity contribution in [2.75, 3.05) is 11.9 Å². The maximum Gasteiger partial charge on any atom is 0.126 e. The van der Waals surface area contributed by atoms with E-state index in [0.717, 1.165) is 22.9 Å². The Morgan fingerprint density at radius 1 is 0.962 bits per heavy atom. The number of allylic oxidation sites excluding steroid dienone is 4. The zero-order valence-electron chi connectivity index (χ0n) is 15.6. The molecule has 2 aliphatic heterocycles. The summed E-state index contributed by atoms with van der Waals surface area (Å²) in [5, 5.41) is 0. The fourth-order valence-electron chi connectivity index (χ4n) is 3.74. The van der Waals surface area contributed by atoms with Gasteiger partial charge in [0.05, 0.1) is 11.4 Å². The van der Waals surface area contributed by atoms with Gasteiger partial charge in [-0.3, -0.25) is 4.98 Å². The van der Waals surface area contributed by atoms with Gasteiger partial charge in [0.2, 0.25) is 0 Å². The van der Waals surface area contributed by atoms with Crippen LogP contribution >= 0.6 is 0 Å². The number of amidine groups is 1. The van der Waals surface area contributed by atoms with Crippen LogP contribution in [-0.2, 0) is 5.41 Å². The van der Waals surface area contributed by atoms with Gasteiger partial charge in [0.25, 0.3) is 0 Å². The van der Waals surface area contributed by atoms with Gasteiger partial charge in [0, 0.05) is 30.0 Å². The Bertz CT molecular complexity index is 978. The van der Waals surface area contributed by atoms with Gasteiger partial charge in [-0.2, -0.15) is 0 Å². The Morgan fingerprint density at radius 3 is 2.46 bits per heavy atom. The van der Waals surface area contributed by atoms with Gasteiger partial charge in [0.1, 0.15) is 11.5 Å². The van der Waals surface area contributed by atoms with Crippen molar-refractivity contribution < 1.29 is 0 Å². The van der Waals surface area contributed by atoms with Crippen LogP contribution in [0.4, 0.5) is 5.69 Å². The Kier molecular flexibility index (Phi) is 3.83. The summed E-state index contributed by atoms with van der Waals surface area (Å²) in [5.41, 5.74) is 6.32. The van der Waals surface area contributed by atoms with E-state index in [2.05, 4.69) is 77.2 Å². The van der Waals surface area contributed by atoms with Crippen molar-refractivity contribution >= 4 is 17.2 Å². The van der Waals surface area contributed by atoms with Crippen LogP contribution in [0.1, 0.15) is 32.0 Å². The van der Waals surface area contributed by atoms with Gasteiger partial charge in [-0.05, 0) is 42.8 Å². The van der Waals surface area contributed by atoms with E-state index in [1.54, 1.807) is 6.20 Å². The molecule has 26 heavy (non-hydrogen) atoms. The van der Waals surface area contributed by atoms with E-state index in [1.807, 2.05) is 25.1 Å². The van der Waals surface area contributed by atoms with E-state index in [-0.39, 0.29) is 5.41 Å². The number of hydrogen-bond acceptors (Lipinski definition) is 4. The number of benzene rings is 1. The molecule has 4 heteroatoms. The summed E-state index contributed by atoms with van der Waals surface area (Å²) < 4.78 is 0. The molecule has 1 aromatic heterocycles. The summed E-state index contributed by atoms with van der Waals surface area (Å²) in [6.07, 6.45) is 6.01. The molecule has 0 atom stereocenters. The molecule has 1 aromatic carbocycles. The van der Waals surface area contributed by atoms with Crippen LogP contribution in [0.15, 0.2) is 82.2 Å². The number of anilines is 1. The lowest BCUT2D eigenvalue weighted by molar-refractivity contribution is 0.640. The molecule has 4 nitrogen and oxygen atoms in total. The number of aliphatic imine (C=N–C) groups is 2. The first-order chi connectivity index (χ1) is 12.5. The number of pyridine rings is 1. The Labute approximate surface area is 154 Å². The summed E-state index contributed by atoms with van der Waals surface area (Å²) in [6.45, 7) is 6.44. The van der Waals surface area contributed by atoms with Crippen LogP contribution < -0.4 is 4.90 Å². The molecule has 0 bridgehead atoms. The highest BCUT2D eigenvalue weighted by atomic mass is 15.2. The monoisotopic (exact) mass is 342 g/mol. The summed E-state index contributed by atoms with van der Waals surface area (Å²) >= 11 is 0. The minimum Gasteiger partial charge on any atom is -0.347 e. The summed E-state index contributed by atoms with van der Waals surface area (Å²) in [5.74, 6) is 0.762. The molecule has 0 fully saturated rings. The van der Waals surface area contributed by atoms with Crippen molar-refractivity contribution in [1.82, 2.24) is 4.98 Å². The molecular weight excluding hydrogens is 320 g/mol. The highest BCUT2D eigenvalue weighted by Gasteiger charge is 2.37. The number of fused-ring (bicyclic) bond motifs is 1. The topological polar surface area (TPSA) is 40.9 Å². The average Bonchev–Trinajstić information content (AvgIpc) is 3.10. The second-order valence-electron chi connectivity index (χ2n) is 7.14. The molecule has 130 valence electrons. The minimum atomic E-state index is -0.0535. The van der Waals surface area contributed by atoms with Crippen molar-refractivity contribution in [2.45, 2.75) is 26.2 Å². The first-order valence-corrected chi connectivity index (χ1v) is 8.80. The largest absolute Gasteiger partial charge is 0.347 e. The van der Waals surface area contributed by atoms with Crippen molar-refractivity contribution in [1.29, 1.82) is 0 Å². The minimum absolute atomic E-state index is 0.0535. The van der Waals surface area contributed by atoms with Gasteiger partial charge in [-0.15, -0.1) is 0 Å². The predicted octanol–water partition coefficient (Wildman–Crippen LogP) is 4.50. The normalized spacial score (nSPS) is 21.2. The second-order valence-corrected chi connectivity index (χ2v) is 7.14. The van der Waals surface area contributed by atoms with Crippen LogP contribution in [0.2, 0.25) is 0 Å². The highest BCUT2D eigenvalue weighted by molar-refractivity contribution is 6.20. The Hall–Kier alpha value is -3.01. The molecule has 0 radical (unpaired) electrons. The molecule has 4 rings (SSSR count). The molecule has 0 saturated heterocycles. The van der Waals surface area contributed by atoms with Crippen molar-refractivity contribution in [3.8, 4) is 0 Å². The Morgan fingerprint density at radius 2 is 1.73 bits per heavy atom. The SMILES string of the molecule is CC1=N/C(=C/C=C2\N(C)c3ccccc3C2(C)C)C(c2ccccn2)=N1. The summed E-state index contributed by atoms with van der Waals surface area (Å²) in [6, 6.07) is 14.4. The van der Waals surface area contributed by atoms with Crippen molar-refractivity contribution in [3.05, 3.63) is 83.5 Å². The molecule has 0 N–H and O–H groups in total. The van der Waals surface area contributed by atoms with E-state index in [1.165, 1.54) is 16.9 Å². The first-order valence-electron chi connectivity index (χ1n) is 8.80. The quantitative estimate of drug-likeness (QED) is 0.806. The van der Waals surface area contributed by atoms with Gasteiger partial charge in [-0.25, -0.2) is 9.98 Å². The standard InChI is InChI=1S/C22H22N4/c1-15-24-18(21(25-15)17-10-7-8-14-23-17)12-13-20-22(2,3)16-9-5-6-11-19(16)26(20)4/h5-14H,1-4H3/b18-12+,20-13-. The average molecular weight is 342 g/mol. The lowest BCUT2D eigenvalue weighted by Crippen LogP contribution is -2.22. The predicted molar refractivity (Wildman–Crippen MR) is 108 cm³/mol. The number of hydrogen-bond donors (Lipinski definition) is 0. The van der Waals surface area contributed by atoms with Crippen LogP contribution in [0.3, 0.4) is 0 Å². The van der Waals surface area contributed by atoms with Crippen LogP contribution in [-0.4, -0.2) is 23.6 Å². The third-order valence-electron chi connectivity index (χ3n) is 5.05. The summed E-state index contributed by atoms with van der Waals surface area (Å²) in [4.78, 5) is 15.9. The van der Waals surface area contributed by atoms with Crippen LogP contribution in [0.25, 0.3) is 0 Å². The zero-order valence-corrected chi connectivity index (χ0v) is 15.6. The van der Waals surface area contributed by atoms with Gasteiger partial charge < -0.3 is 4.90 Å². The van der Waals surface area contributed by atoms with Crippen molar-refractivity contribution in [3.63, 3.8) is 0 Å². The highest BCUT2D eigenvalue weighted by Crippen LogP contribution is 2.46. The molecular formula is C22H22N4. The Balaban J connectivity index is 1.74. The third-order valence-corrected chi connectivity index (χ3v) is 5.05. The molecule has 0 saturated carbocycles. The van der Waals surface area contributed by atoms with E-state index in [9.17, 15) is 0 Å². The van der Waals surface area contributed by atoms with E-state index in [4.69, 9.17) is 0 Å². The zero-order chi connectivity index (χ0) is 18.3. The molecule has 0 aliphatic carbocycles. The van der Waals surface area contributed by atoms with Gasteiger partial charge in [-0.1, -0.05) is 38.1 Å². The number of nitrogens with zero attached hydrogens (tertiary/aromatic N) is 4. The molecule has 3 heterocycles. The van der Waals surface area contributed by atoms with E-state index in [0.29, 0.717) is 0 Å². The lowest BCUT2D eigenvalue weighted by atomic mass is 9.84. The smallest absolute Gasteiger partial charge is 0.126 e. The summed E-state index contributed by atoms with van der Waals surface area (Å²) in [7, 11) is 2.12. The number of aromatic nitrogens is 1. The third kappa shape index (κ3) is 2.58. The van der Waals surface area contributed by atoms with Gasteiger partial charge in [0.15, 0.2) is 0 Å². The second kappa shape index (κ2) is 6.06. The maximum atomic E-state index is 4.60. The maximum absolute atomic E-state index is 4.60. The molecule has 2 aliphatic rings. The molecule has 0 spiro atoms. The van der Waals surface area contributed by atoms with Gasteiger partial charge >= 0.3 is 0 Å². The first kappa shape index (κ1) is 16.5. The fraction of sp³-hybridized carbons (Fsp3) is 0.227. The lowest BCUT2D eigenvalue weighted by Gasteiger charge is -2.23. The van der Waals surface area contributed by atoms with E-state index < -0.39 is 0 Å². The molecule has 0 amide bonds. The van der Waals surface area contributed by atoms with E-state index >= 15 is 0 Å². The number of para-hydroxylation sites is 1. The fourth-order valence-corrected chi connectivity index (χ4v) is 3.74. The molecule has 2 aromatic rings.